The zero-order valence-electron chi connectivity index (χ0n) is 19.2. The van der Waals surface area contributed by atoms with Gasteiger partial charge in [0.2, 0.25) is 0 Å². The molecule has 2 N–H and O–H groups in total. The normalized spacial score (nSPS) is 32.2. The molecule has 0 fully saturated rings. The van der Waals surface area contributed by atoms with Gasteiger partial charge in [-0.05, 0) is 45.6 Å². The summed E-state index contributed by atoms with van der Waals surface area (Å²) in [6.07, 6.45) is 7.59. The van der Waals surface area contributed by atoms with Gasteiger partial charge in [-0.25, -0.2) is 0 Å². The van der Waals surface area contributed by atoms with E-state index in [2.05, 4.69) is 6.08 Å². The Morgan fingerprint density at radius 3 is 2.50 bits per heavy atom. The number of rotatable bonds is 5. The molecule has 0 bridgehead atoms. The Labute approximate surface area is 191 Å². The molecule has 2 aliphatic rings. The number of ether oxygens (including phenoxy) is 1. The summed E-state index contributed by atoms with van der Waals surface area (Å²) < 4.78 is 17.3. The second kappa shape index (κ2) is 13.6. The van der Waals surface area contributed by atoms with Gasteiger partial charge < -0.3 is 19.7 Å². The Morgan fingerprint density at radius 1 is 1.41 bits per heavy atom. The van der Waals surface area contributed by atoms with Gasteiger partial charge in [0, 0.05) is 24.2 Å². The van der Waals surface area contributed by atoms with E-state index in [4.69, 9.17) is 4.74 Å². The third-order valence-corrected chi connectivity index (χ3v) is 6.43. The van der Waals surface area contributed by atoms with Crippen LogP contribution in [0.5, 0.6) is 0 Å². The number of cyclic esters (lactones) is 1. The minimum absolute atomic E-state index is 0. The van der Waals surface area contributed by atoms with E-state index in [9.17, 15) is 29.0 Å². The van der Waals surface area contributed by atoms with Crippen molar-refractivity contribution in [3.8, 4) is 0 Å². The molecule has 0 aromatic rings. The van der Waals surface area contributed by atoms with Crippen molar-refractivity contribution < 1.29 is 33.7 Å². The summed E-state index contributed by atoms with van der Waals surface area (Å²) in [6, 6.07) is 0. The molecule has 1 aliphatic carbocycles. The first-order valence-corrected chi connectivity index (χ1v) is 10.9. The van der Waals surface area contributed by atoms with Crippen LogP contribution in [-0.2, 0) is 19.1 Å². The van der Waals surface area contributed by atoms with E-state index in [-0.39, 0.29) is 37.4 Å². The van der Waals surface area contributed by atoms with Gasteiger partial charge in [-0.1, -0.05) is 39.5 Å². The van der Waals surface area contributed by atoms with Crippen LogP contribution in [0.1, 0.15) is 67.7 Å². The van der Waals surface area contributed by atoms with Gasteiger partial charge in [0.1, 0.15) is 18.2 Å². The number of fused-ring (bicyclic) bond motifs is 1. The van der Waals surface area contributed by atoms with Crippen molar-refractivity contribution in [3.05, 3.63) is 23.8 Å². The first kappa shape index (κ1) is 30.1. The Hall–Kier alpha value is -1.86. The van der Waals surface area contributed by atoms with E-state index in [1.807, 2.05) is 26.0 Å². The summed E-state index contributed by atoms with van der Waals surface area (Å²) in [5, 5.41) is 20.9. The quantitative estimate of drug-likeness (QED) is 0.369. The number of aliphatic hydroxyl groups excluding tert-OH is 1. The highest BCUT2D eigenvalue weighted by Gasteiger charge is 2.40. The second-order valence-corrected chi connectivity index (χ2v) is 8.79. The first-order chi connectivity index (χ1) is 14.5. The fourth-order valence-electron chi connectivity index (χ4n) is 4.09. The van der Waals surface area contributed by atoms with E-state index in [0.717, 1.165) is 12.0 Å². The Balaban J connectivity index is 0.000000747. The molecule has 0 spiro atoms. The highest BCUT2D eigenvalue weighted by atomic mass is 19.1. The minimum Gasteiger partial charge on any atom is -0.459 e. The van der Waals surface area contributed by atoms with E-state index in [0.29, 0.717) is 19.1 Å². The van der Waals surface area contributed by atoms with Gasteiger partial charge in [0.25, 0.3) is 0 Å². The lowest BCUT2D eigenvalue weighted by molar-refractivity contribution is -0.158. The van der Waals surface area contributed by atoms with Crippen LogP contribution in [0.2, 0.25) is 0 Å². The molecule has 0 amide bonds. The number of ketones is 1. The molecule has 7 heteroatoms. The van der Waals surface area contributed by atoms with Crippen LogP contribution >= 0.6 is 0 Å². The topological polar surface area (TPSA) is 101 Å². The van der Waals surface area contributed by atoms with E-state index >= 15 is 0 Å². The van der Waals surface area contributed by atoms with E-state index in [1.54, 1.807) is 13.8 Å². The molecule has 6 nitrogen and oxygen atoms in total. The summed E-state index contributed by atoms with van der Waals surface area (Å²) in [4.78, 5) is 32.6. The number of carbonyl (C=O) groups is 3. The molecule has 0 radical (unpaired) electrons. The van der Waals surface area contributed by atoms with Crippen molar-refractivity contribution in [2.45, 2.75) is 85.5 Å². The molecule has 1 aliphatic heterocycles. The molecule has 32 heavy (non-hydrogen) atoms. The molecule has 0 aromatic carbocycles. The molecule has 7 atom stereocenters. The summed E-state index contributed by atoms with van der Waals surface area (Å²) in [6.45, 7) is 7.64. The zero-order chi connectivity index (χ0) is 23.8. The molecular formula is C25H41FO6. The molecule has 0 aromatic heterocycles. The summed E-state index contributed by atoms with van der Waals surface area (Å²) >= 11 is 0. The largest absolute Gasteiger partial charge is 0.459 e. The predicted molar refractivity (Wildman–Crippen MR) is 123 cm³/mol. The van der Waals surface area contributed by atoms with Crippen molar-refractivity contribution >= 4 is 18.0 Å². The number of alkyl halides is 1. The number of aldehydes is 1. The average molecular weight is 457 g/mol. The maximum Gasteiger partial charge on any atom is 0.306 e. The lowest BCUT2D eigenvalue weighted by atomic mass is 9.72. The van der Waals surface area contributed by atoms with Crippen LogP contribution in [-0.4, -0.2) is 52.7 Å². The molecule has 1 heterocycles. The van der Waals surface area contributed by atoms with Crippen molar-refractivity contribution in [1.82, 2.24) is 0 Å². The van der Waals surface area contributed by atoms with Crippen molar-refractivity contribution in [2.24, 2.45) is 23.7 Å². The molecule has 2 rings (SSSR count). The van der Waals surface area contributed by atoms with Crippen LogP contribution in [0.15, 0.2) is 23.8 Å². The predicted octanol–water partition coefficient (Wildman–Crippen LogP) is 3.98. The lowest BCUT2D eigenvalue weighted by Gasteiger charge is -2.40. The van der Waals surface area contributed by atoms with E-state index in [1.165, 1.54) is 6.92 Å². The van der Waals surface area contributed by atoms with Crippen LogP contribution in [0.4, 0.5) is 4.39 Å². The fraction of sp³-hybridized carbons (Fsp3) is 0.720. The average Bonchev–Trinajstić information content (AvgIpc) is 2.71. The van der Waals surface area contributed by atoms with Crippen LogP contribution < -0.4 is 0 Å². The third kappa shape index (κ3) is 7.93. The summed E-state index contributed by atoms with van der Waals surface area (Å²) in [5.74, 6) is -1.87. The number of hydrogen-bond acceptors (Lipinski definition) is 6. The molecular weight excluding hydrogens is 415 g/mol. The van der Waals surface area contributed by atoms with Gasteiger partial charge in [-0.3, -0.25) is 14.0 Å². The maximum atomic E-state index is 12.0. The first-order valence-electron chi connectivity index (χ1n) is 10.9. The van der Waals surface area contributed by atoms with Crippen molar-refractivity contribution in [1.29, 1.82) is 0 Å². The lowest BCUT2D eigenvalue weighted by Crippen LogP contribution is -2.42. The zero-order valence-corrected chi connectivity index (χ0v) is 19.2. The van der Waals surface area contributed by atoms with Crippen LogP contribution in [0.3, 0.4) is 0 Å². The number of allylic oxidation sites excluding steroid dienone is 1. The second-order valence-electron chi connectivity index (χ2n) is 8.79. The summed E-state index contributed by atoms with van der Waals surface area (Å²) in [7, 11) is 0. The van der Waals surface area contributed by atoms with Gasteiger partial charge >= 0.3 is 5.97 Å². The number of esters is 1. The fourth-order valence-corrected chi connectivity index (χ4v) is 4.09. The van der Waals surface area contributed by atoms with Crippen LogP contribution in [0.25, 0.3) is 0 Å². The minimum atomic E-state index is -0.885. The van der Waals surface area contributed by atoms with Gasteiger partial charge in [0.05, 0.1) is 24.3 Å². The number of halogens is 1. The molecule has 184 valence electrons. The summed E-state index contributed by atoms with van der Waals surface area (Å²) in [5.41, 5.74) is 0.0251. The molecule has 0 saturated heterocycles. The van der Waals surface area contributed by atoms with Crippen LogP contribution in [0, 0.1) is 23.7 Å². The Morgan fingerprint density at radius 2 is 2.03 bits per heavy atom. The van der Waals surface area contributed by atoms with E-state index < -0.39 is 36.3 Å². The highest BCUT2D eigenvalue weighted by Crippen LogP contribution is 2.39. The maximum absolute atomic E-state index is 12.0. The molecule has 0 saturated carbocycles. The monoisotopic (exact) mass is 456 g/mol. The Kier molecular flexibility index (Phi) is 12.8. The van der Waals surface area contributed by atoms with Gasteiger partial charge in [-0.2, -0.15) is 0 Å². The highest BCUT2D eigenvalue weighted by molar-refractivity contribution is 5.81. The standard InChI is InChI=1S/C17H26O4.C7H11FO2.CH4/c1-11-10-12(2)17(20)9-5-4-6-14(17)7-8-15(19)21-16(11)13(3)18;1-5(6(2)10)7(3-8)4-9;/h4,6,10-11,13-14,16,18,20H,5,7-9H2,1-3H3;4-5,7H,3H2,1-2H3;1H4/b12-10+;;. The number of hydrogen-bond donors (Lipinski definition) is 2. The van der Waals surface area contributed by atoms with Crippen molar-refractivity contribution in [3.63, 3.8) is 0 Å². The SMILES string of the molecule is C.C/C1=C\C(C)C(C(C)O)OC(=O)CCC2C=CCCC12O.CC(=O)C(C)C(C=O)CF. The molecule has 7 unspecified atom stereocenters. The number of Topliss-reactive ketones (excluding diaryl/α,β-unsaturated/α-hetero) is 1. The van der Waals surface area contributed by atoms with Crippen molar-refractivity contribution in [2.75, 3.05) is 6.67 Å². The number of aliphatic hydroxyl groups is 2. The Bertz CT molecular complexity index is 686. The van der Waals surface area contributed by atoms with Gasteiger partial charge in [-0.15, -0.1) is 0 Å². The third-order valence-electron chi connectivity index (χ3n) is 6.43. The van der Waals surface area contributed by atoms with Gasteiger partial charge in [0.15, 0.2) is 0 Å². The number of carbonyl (C=O) groups excluding carboxylic acids is 3. The smallest absolute Gasteiger partial charge is 0.306 e.